The summed E-state index contributed by atoms with van der Waals surface area (Å²) in [7, 11) is 0. The van der Waals surface area contributed by atoms with Crippen molar-refractivity contribution in [2.75, 3.05) is 18.0 Å². The van der Waals surface area contributed by atoms with Crippen molar-refractivity contribution in [1.82, 2.24) is 4.90 Å². The van der Waals surface area contributed by atoms with Gasteiger partial charge in [0, 0.05) is 24.3 Å². The summed E-state index contributed by atoms with van der Waals surface area (Å²) in [5.41, 5.74) is -1.69. The van der Waals surface area contributed by atoms with E-state index in [4.69, 9.17) is 0 Å². The molecule has 0 saturated carbocycles. The van der Waals surface area contributed by atoms with E-state index >= 15 is 0 Å². The Balaban J connectivity index is 2.24. The van der Waals surface area contributed by atoms with Gasteiger partial charge in [-0.05, 0) is 45.4 Å². The minimum absolute atomic E-state index is 0.241. The Kier molecular flexibility index (Phi) is 4.70. The second kappa shape index (κ2) is 6.14. The highest BCUT2D eigenvalue weighted by Crippen LogP contribution is 2.35. The first kappa shape index (κ1) is 18.4. The Morgan fingerprint density at radius 1 is 1.29 bits per heavy atom. The predicted molar refractivity (Wildman–Crippen MR) is 81.6 cm³/mol. The van der Waals surface area contributed by atoms with Crippen LogP contribution in [0.3, 0.4) is 0 Å². The third kappa shape index (κ3) is 3.73. The molecule has 0 unspecified atom stereocenters. The van der Waals surface area contributed by atoms with Crippen LogP contribution in [0, 0.1) is 5.82 Å². The molecule has 134 valence electrons. The summed E-state index contributed by atoms with van der Waals surface area (Å²) < 4.78 is 51.9. The molecule has 1 aromatic rings. The average molecular weight is 348 g/mol. The molecular weight excluding hydrogens is 328 g/mol. The van der Waals surface area contributed by atoms with Gasteiger partial charge in [0.25, 0.3) is 0 Å². The van der Waals surface area contributed by atoms with Crippen molar-refractivity contribution in [3.8, 4) is 0 Å². The molecule has 0 bridgehead atoms. The highest BCUT2D eigenvalue weighted by Gasteiger charge is 2.38. The van der Waals surface area contributed by atoms with Crippen molar-refractivity contribution < 1.29 is 27.5 Å². The third-order valence-corrected chi connectivity index (χ3v) is 4.08. The maximum absolute atomic E-state index is 13.4. The molecule has 8 heteroatoms. The number of hydrogen-bond acceptors (Lipinski definition) is 2. The number of nitrogens with zero attached hydrogens (tertiary/aromatic N) is 2. The lowest BCUT2D eigenvalue weighted by molar-refractivity contribution is -0.139. The van der Waals surface area contributed by atoms with Gasteiger partial charge in [0.1, 0.15) is 5.82 Å². The normalized spacial score (nSPS) is 18.8. The number of carboxylic acid groups (broad SMARTS) is 1. The molecule has 2 rings (SSSR count). The first-order chi connectivity index (χ1) is 10.9. The molecule has 1 aromatic carbocycles. The number of amides is 1. The summed E-state index contributed by atoms with van der Waals surface area (Å²) in [5.74, 6) is -1.32. The Morgan fingerprint density at radius 3 is 2.42 bits per heavy atom. The molecule has 1 N–H and O–H groups in total. The van der Waals surface area contributed by atoms with Gasteiger partial charge in [-0.25, -0.2) is 9.18 Å². The molecule has 4 nitrogen and oxygen atoms in total. The van der Waals surface area contributed by atoms with Gasteiger partial charge in [-0.15, -0.1) is 0 Å². The second-order valence-electron chi connectivity index (χ2n) is 6.87. The van der Waals surface area contributed by atoms with E-state index in [0.29, 0.717) is 13.0 Å². The topological polar surface area (TPSA) is 43.8 Å². The summed E-state index contributed by atoms with van der Waals surface area (Å²) in [6, 6.07) is 2.53. The second-order valence-corrected chi connectivity index (χ2v) is 6.87. The minimum atomic E-state index is -4.77. The molecule has 1 aliphatic rings. The molecule has 0 radical (unpaired) electrons. The van der Waals surface area contributed by atoms with Crippen LogP contribution in [0.25, 0.3) is 0 Å². The van der Waals surface area contributed by atoms with Crippen molar-refractivity contribution in [2.45, 2.75) is 44.9 Å². The van der Waals surface area contributed by atoms with E-state index < -0.39 is 29.2 Å². The zero-order valence-corrected chi connectivity index (χ0v) is 13.7. The van der Waals surface area contributed by atoms with Crippen LogP contribution in [-0.2, 0) is 6.18 Å². The minimum Gasteiger partial charge on any atom is -0.465 e. The quantitative estimate of drug-likeness (QED) is 0.815. The van der Waals surface area contributed by atoms with Crippen molar-refractivity contribution in [3.05, 3.63) is 29.6 Å². The van der Waals surface area contributed by atoms with Crippen LogP contribution in [0.5, 0.6) is 0 Å². The molecule has 1 fully saturated rings. The number of alkyl halides is 3. The van der Waals surface area contributed by atoms with Crippen LogP contribution >= 0.6 is 0 Å². The van der Waals surface area contributed by atoms with Gasteiger partial charge in [-0.3, -0.25) is 4.90 Å². The largest absolute Gasteiger partial charge is 0.465 e. The fraction of sp³-hybridized carbons (Fsp3) is 0.562. The van der Waals surface area contributed by atoms with E-state index in [1.54, 1.807) is 25.7 Å². The van der Waals surface area contributed by atoms with E-state index in [1.165, 1.54) is 11.0 Å². The molecule has 0 aromatic heterocycles. The summed E-state index contributed by atoms with van der Waals surface area (Å²) in [5, 5.41) is 9.42. The predicted octanol–water partition coefficient (Wildman–Crippen LogP) is 4.20. The van der Waals surface area contributed by atoms with Gasteiger partial charge in [-0.1, -0.05) is 0 Å². The number of carbonyl (C=O) groups is 1. The lowest BCUT2D eigenvalue weighted by Crippen LogP contribution is -2.52. The average Bonchev–Trinajstić information content (AvgIpc) is 2.84. The fourth-order valence-electron chi connectivity index (χ4n) is 3.11. The lowest BCUT2D eigenvalue weighted by Gasteiger charge is -2.38. The molecular formula is C16H20F4N2O2. The zero-order chi connectivity index (χ0) is 18.3. The monoisotopic (exact) mass is 348 g/mol. The van der Waals surface area contributed by atoms with Crippen molar-refractivity contribution in [2.24, 2.45) is 0 Å². The van der Waals surface area contributed by atoms with E-state index in [0.717, 1.165) is 12.1 Å². The summed E-state index contributed by atoms with van der Waals surface area (Å²) in [4.78, 5) is 14.5. The Labute approximate surface area is 137 Å². The molecule has 0 spiro atoms. The van der Waals surface area contributed by atoms with E-state index in [2.05, 4.69) is 0 Å². The fourth-order valence-corrected chi connectivity index (χ4v) is 3.11. The lowest BCUT2D eigenvalue weighted by atomic mass is 10.0. The number of rotatable bonds is 2. The first-order valence-electron chi connectivity index (χ1n) is 7.55. The summed E-state index contributed by atoms with van der Waals surface area (Å²) in [6.07, 6.45) is -5.33. The molecule has 24 heavy (non-hydrogen) atoms. The van der Waals surface area contributed by atoms with E-state index in [1.807, 2.05) is 0 Å². The Morgan fingerprint density at radius 2 is 1.92 bits per heavy atom. The zero-order valence-electron chi connectivity index (χ0n) is 13.7. The maximum Gasteiger partial charge on any atom is 0.419 e. The SMILES string of the molecule is CC(C)(C)N(C(=O)O)[C@@H]1CCN(c2ccc(F)c(C(F)(F)F)c2)C1. The van der Waals surface area contributed by atoms with E-state index in [9.17, 15) is 27.5 Å². The van der Waals surface area contributed by atoms with Gasteiger partial charge >= 0.3 is 12.3 Å². The van der Waals surface area contributed by atoms with Crippen LogP contribution < -0.4 is 4.90 Å². The third-order valence-electron chi connectivity index (χ3n) is 4.08. The number of benzene rings is 1. The van der Waals surface area contributed by atoms with Crippen molar-refractivity contribution in [3.63, 3.8) is 0 Å². The first-order valence-corrected chi connectivity index (χ1v) is 7.55. The summed E-state index contributed by atoms with van der Waals surface area (Å²) in [6.45, 7) is 5.98. The van der Waals surface area contributed by atoms with Crippen LogP contribution in [0.1, 0.15) is 32.8 Å². The maximum atomic E-state index is 13.4. The van der Waals surface area contributed by atoms with Gasteiger partial charge in [0.2, 0.25) is 0 Å². The highest BCUT2D eigenvalue weighted by atomic mass is 19.4. The molecule has 1 aliphatic heterocycles. The van der Waals surface area contributed by atoms with Gasteiger partial charge in [0.15, 0.2) is 0 Å². The molecule has 1 atom stereocenters. The van der Waals surface area contributed by atoms with Crippen LogP contribution in [-0.4, -0.2) is 40.8 Å². The van der Waals surface area contributed by atoms with Crippen molar-refractivity contribution >= 4 is 11.8 Å². The van der Waals surface area contributed by atoms with Gasteiger partial charge in [-0.2, -0.15) is 13.2 Å². The Bertz CT molecular complexity index is 625. The number of hydrogen-bond donors (Lipinski definition) is 1. The molecule has 1 saturated heterocycles. The number of anilines is 1. The molecule has 1 heterocycles. The van der Waals surface area contributed by atoms with Crippen LogP contribution in [0.2, 0.25) is 0 Å². The Hall–Kier alpha value is -1.99. The molecule has 1 amide bonds. The van der Waals surface area contributed by atoms with E-state index in [-0.39, 0.29) is 18.3 Å². The van der Waals surface area contributed by atoms with Gasteiger partial charge in [0.05, 0.1) is 11.6 Å². The number of halogens is 4. The standard InChI is InChI=1S/C16H20F4N2O2/c1-15(2,3)22(14(23)24)11-6-7-21(9-11)10-4-5-13(17)12(8-10)16(18,19)20/h4-5,8,11H,6-7,9H2,1-3H3,(H,23,24)/t11-/m1/s1. The van der Waals surface area contributed by atoms with Gasteiger partial charge < -0.3 is 10.0 Å². The van der Waals surface area contributed by atoms with Crippen LogP contribution in [0.15, 0.2) is 18.2 Å². The van der Waals surface area contributed by atoms with Crippen molar-refractivity contribution in [1.29, 1.82) is 0 Å². The molecule has 0 aliphatic carbocycles. The smallest absolute Gasteiger partial charge is 0.419 e. The highest BCUT2D eigenvalue weighted by molar-refractivity contribution is 5.67. The summed E-state index contributed by atoms with van der Waals surface area (Å²) >= 11 is 0. The van der Waals surface area contributed by atoms with Crippen LogP contribution in [0.4, 0.5) is 28.0 Å².